The summed E-state index contributed by atoms with van der Waals surface area (Å²) in [6.45, 7) is 2.91. The second-order valence-corrected chi connectivity index (χ2v) is 8.33. The fraction of sp³-hybridized carbons (Fsp3) is 0.435. The number of carbonyl (C=O) groups is 2. The van der Waals surface area contributed by atoms with Gasteiger partial charge in [0.15, 0.2) is 5.75 Å². The van der Waals surface area contributed by atoms with Crippen molar-refractivity contribution in [2.45, 2.75) is 46.1 Å². The first-order chi connectivity index (χ1) is 15.2. The molecule has 1 aliphatic carbocycles. The Balaban J connectivity index is 1.89. The Labute approximate surface area is 185 Å². The Kier molecular flexibility index (Phi) is 7.27. The molecule has 0 aliphatic heterocycles. The van der Waals surface area contributed by atoms with Gasteiger partial charge in [0.2, 0.25) is 0 Å². The van der Waals surface area contributed by atoms with Gasteiger partial charge in [-0.3, -0.25) is 14.7 Å². The molecule has 0 radical (unpaired) electrons. The minimum absolute atomic E-state index is 0.0231. The number of carbonyl (C=O) groups excluding carboxylic acids is 1. The third-order valence-electron chi connectivity index (χ3n) is 5.58. The average molecular weight is 447 g/mol. The summed E-state index contributed by atoms with van der Waals surface area (Å²) in [4.78, 5) is 30.1. The van der Waals surface area contributed by atoms with Gasteiger partial charge in [-0.2, -0.15) is 8.78 Å². The number of aryl methyl sites for hydroxylation is 1. The molecule has 7 nitrogen and oxygen atoms in total. The lowest BCUT2D eigenvalue weighted by Crippen LogP contribution is -2.44. The van der Waals surface area contributed by atoms with Crippen molar-refractivity contribution in [1.82, 2.24) is 4.98 Å². The number of nitrogens with zero attached hydrogens (tertiary/aromatic N) is 2. The summed E-state index contributed by atoms with van der Waals surface area (Å²) in [6, 6.07) is 8.27. The molecule has 1 aromatic carbocycles. The second-order valence-electron chi connectivity index (χ2n) is 8.33. The molecule has 9 heteroatoms. The van der Waals surface area contributed by atoms with E-state index in [4.69, 9.17) is 0 Å². The van der Waals surface area contributed by atoms with Gasteiger partial charge < -0.3 is 15.2 Å². The lowest BCUT2D eigenvalue weighted by atomic mass is 9.74. The zero-order valence-electron chi connectivity index (χ0n) is 18.2. The van der Waals surface area contributed by atoms with E-state index >= 15 is 0 Å². The Morgan fingerprint density at radius 2 is 1.97 bits per heavy atom. The molecular weight excluding hydrogens is 420 g/mol. The van der Waals surface area contributed by atoms with E-state index in [2.05, 4.69) is 15.0 Å². The standard InChI is InChI=1S/C23H27F2N3O4/c1-13(2)17-6-4-5-7-19(17)28(12-15-9-16(10-15)21(29)30)23(31)27-18-11-26-14(3)8-20(18)32-22(24)25/h4-8,11,13,15-16,22H,9-10,12H2,1-3H3,(H,27,31)(H,29,30)/t15-,16-. The molecule has 0 unspecified atom stereocenters. The number of hydrogen-bond acceptors (Lipinski definition) is 4. The van der Waals surface area contributed by atoms with E-state index in [0.717, 1.165) is 5.56 Å². The maximum atomic E-state index is 13.3. The lowest BCUT2D eigenvalue weighted by Gasteiger charge is -2.37. The molecule has 2 N–H and O–H groups in total. The molecular formula is C23H27F2N3O4. The van der Waals surface area contributed by atoms with Crippen molar-refractivity contribution in [3.63, 3.8) is 0 Å². The van der Waals surface area contributed by atoms with Crippen LogP contribution in [0.5, 0.6) is 5.75 Å². The lowest BCUT2D eigenvalue weighted by molar-refractivity contribution is -0.146. The molecule has 1 aromatic heterocycles. The molecule has 32 heavy (non-hydrogen) atoms. The molecule has 1 aliphatic rings. The van der Waals surface area contributed by atoms with Gasteiger partial charge in [0.05, 0.1) is 12.1 Å². The molecule has 0 bridgehead atoms. The Morgan fingerprint density at radius 1 is 1.28 bits per heavy atom. The molecule has 2 amide bonds. The van der Waals surface area contributed by atoms with Crippen LogP contribution in [-0.2, 0) is 4.79 Å². The first-order valence-electron chi connectivity index (χ1n) is 10.5. The predicted octanol–water partition coefficient (Wildman–Crippen LogP) is 5.26. The predicted molar refractivity (Wildman–Crippen MR) is 116 cm³/mol. The van der Waals surface area contributed by atoms with Crippen molar-refractivity contribution >= 4 is 23.4 Å². The number of nitrogens with one attached hydrogen (secondary N) is 1. The highest BCUT2D eigenvalue weighted by atomic mass is 19.3. The normalized spacial score (nSPS) is 17.7. The van der Waals surface area contributed by atoms with Gasteiger partial charge in [-0.05, 0) is 43.2 Å². The molecule has 2 aromatic rings. The zero-order chi connectivity index (χ0) is 23.4. The average Bonchev–Trinajstić information content (AvgIpc) is 2.68. The van der Waals surface area contributed by atoms with E-state index in [1.807, 2.05) is 38.1 Å². The van der Waals surface area contributed by atoms with E-state index in [1.54, 1.807) is 11.8 Å². The van der Waals surface area contributed by atoms with Crippen LogP contribution < -0.4 is 15.0 Å². The zero-order valence-corrected chi connectivity index (χ0v) is 18.2. The van der Waals surface area contributed by atoms with Gasteiger partial charge in [-0.15, -0.1) is 0 Å². The monoisotopic (exact) mass is 447 g/mol. The first-order valence-corrected chi connectivity index (χ1v) is 10.5. The van der Waals surface area contributed by atoms with Crippen LogP contribution in [-0.4, -0.2) is 35.2 Å². The van der Waals surface area contributed by atoms with Crippen LogP contribution in [0.15, 0.2) is 36.5 Å². The fourth-order valence-electron chi connectivity index (χ4n) is 3.86. The van der Waals surface area contributed by atoms with Crippen LogP contribution in [0, 0.1) is 18.8 Å². The van der Waals surface area contributed by atoms with Gasteiger partial charge in [0.1, 0.15) is 5.69 Å². The number of anilines is 2. The molecule has 1 fully saturated rings. The minimum atomic E-state index is -3.05. The summed E-state index contributed by atoms with van der Waals surface area (Å²) < 4.78 is 30.3. The summed E-state index contributed by atoms with van der Waals surface area (Å²) in [5, 5.41) is 11.8. The number of alkyl halides is 2. The maximum Gasteiger partial charge on any atom is 0.387 e. The Bertz CT molecular complexity index is 977. The number of amides is 2. The largest absolute Gasteiger partial charge is 0.481 e. The van der Waals surface area contributed by atoms with Crippen LogP contribution >= 0.6 is 0 Å². The van der Waals surface area contributed by atoms with Gasteiger partial charge in [-0.25, -0.2) is 4.79 Å². The fourth-order valence-corrected chi connectivity index (χ4v) is 3.86. The van der Waals surface area contributed by atoms with Crippen LogP contribution in [0.4, 0.5) is 25.0 Å². The van der Waals surface area contributed by atoms with Crippen LogP contribution in [0.3, 0.4) is 0 Å². The van der Waals surface area contributed by atoms with Crippen molar-refractivity contribution in [2.24, 2.45) is 11.8 Å². The smallest absolute Gasteiger partial charge is 0.387 e. The number of urea groups is 1. The molecule has 1 saturated carbocycles. The third kappa shape index (κ3) is 5.52. The van der Waals surface area contributed by atoms with E-state index in [-0.39, 0.29) is 23.3 Å². The molecule has 0 saturated heterocycles. The molecule has 172 valence electrons. The highest BCUT2D eigenvalue weighted by molar-refractivity contribution is 6.03. The second kappa shape index (κ2) is 9.93. The summed E-state index contributed by atoms with van der Waals surface area (Å²) >= 11 is 0. The number of pyridine rings is 1. The van der Waals surface area contributed by atoms with Crippen LogP contribution in [0.1, 0.15) is 43.9 Å². The quantitative estimate of drug-likeness (QED) is 0.576. The van der Waals surface area contributed by atoms with Crippen molar-refractivity contribution < 1.29 is 28.2 Å². The topological polar surface area (TPSA) is 91.8 Å². The van der Waals surface area contributed by atoms with Crippen molar-refractivity contribution in [3.8, 4) is 5.75 Å². The minimum Gasteiger partial charge on any atom is -0.481 e. The SMILES string of the molecule is Cc1cc(OC(F)F)c(NC(=O)N(C[C@H]2C[C@H](C(=O)O)C2)c2ccccc2C(C)C)cn1. The number of hydrogen-bond donors (Lipinski definition) is 2. The van der Waals surface area contributed by atoms with Gasteiger partial charge in [0.25, 0.3) is 0 Å². The van der Waals surface area contributed by atoms with Crippen molar-refractivity contribution in [1.29, 1.82) is 0 Å². The first kappa shape index (κ1) is 23.4. The van der Waals surface area contributed by atoms with E-state index in [1.165, 1.54) is 12.3 Å². The maximum absolute atomic E-state index is 13.3. The number of carboxylic acid groups (broad SMARTS) is 1. The number of benzene rings is 1. The Hall–Kier alpha value is -3.23. The van der Waals surface area contributed by atoms with E-state index in [0.29, 0.717) is 30.8 Å². The number of para-hydroxylation sites is 1. The highest BCUT2D eigenvalue weighted by Gasteiger charge is 2.37. The number of aliphatic carboxylic acids is 1. The Morgan fingerprint density at radius 3 is 2.59 bits per heavy atom. The number of ether oxygens (including phenoxy) is 1. The summed E-state index contributed by atoms with van der Waals surface area (Å²) in [5.41, 5.74) is 2.14. The molecule has 0 atom stereocenters. The van der Waals surface area contributed by atoms with Crippen molar-refractivity contribution in [2.75, 3.05) is 16.8 Å². The van der Waals surface area contributed by atoms with E-state index in [9.17, 15) is 23.5 Å². The van der Waals surface area contributed by atoms with Gasteiger partial charge in [-0.1, -0.05) is 32.0 Å². The molecule has 1 heterocycles. The van der Waals surface area contributed by atoms with Crippen LogP contribution in [0.2, 0.25) is 0 Å². The number of aromatic nitrogens is 1. The summed E-state index contributed by atoms with van der Waals surface area (Å²) in [6.07, 6.45) is 2.24. The summed E-state index contributed by atoms with van der Waals surface area (Å²) in [5.74, 6) is -1.26. The number of halogens is 2. The number of rotatable bonds is 8. The van der Waals surface area contributed by atoms with E-state index < -0.39 is 24.5 Å². The summed E-state index contributed by atoms with van der Waals surface area (Å²) in [7, 11) is 0. The van der Waals surface area contributed by atoms with Crippen LogP contribution in [0.25, 0.3) is 0 Å². The van der Waals surface area contributed by atoms with Gasteiger partial charge >= 0.3 is 18.6 Å². The molecule has 0 spiro atoms. The van der Waals surface area contributed by atoms with Gasteiger partial charge in [0, 0.05) is 24.0 Å². The number of carboxylic acids is 1. The third-order valence-corrected chi connectivity index (χ3v) is 5.58. The molecule has 3 rings (SSSR count). The van der Waals surface area contributed by atoms with Crippen molar-refractivity contribution in [3.05, 3.63) is 47.8 Å². The highest BCUT2D eigenvalue weighted by Crippen LogP contribution is 2.37.